The average Bonchev–Trinajstić information content (AvgIpc) is 3.15. The summed E-state index contributed by atoms with van der Waals surface area (Å²) in [5, 5.41) is 5.30. The minimum Gasteiger partial charge on any atom is -0.451 e. The largest absolute Gasteiger partial charge is 0.451 e. The monoisotopic (exact) mass is 316 g/mol. The maximum atomic E-state index is 12.2. The Morgan fingerprint density at radius 1 is 1.26 bits per heavy atom. The van der Waals surface area contributed by atoms with E-state index in [-0.39, 0.29) is 11.8 Å². The maximum absolute atomic E-state index is 12.2. The van der Waals surface area contributed by atoms with Gasteiger partial charge in [0.15, 0.2) is 6.10 Å². The third-order valence-corrected chi connectivity index (χ3v) is 4.31. The van der Waals surface area contributed by atoms with Crippen LogP contribution in [0.15, 0.2) is 18.2 Å². The van der Waals surface area contributed by atoms with Gasteiger partial charge in [0.25, 0.3) is 5.91 Å². The van der Waals surface area contributed by atoms with Gasteiger partial charge in [-0.15, -0.1) is 0 Å². The van der Waals surface area contributed by atoms with Gasteiger partial charge >= 0.3 is 5.97 Å². The summed E-state index contributed by atoms with van der Waals surface area (Å²) in [5.74, 6) is -1.10. The number of carbonyl (C=O) groups is 3. The number of anilines is 1. The molecule has 6 nitrogen and oxygen atoms in total. The molecule has 6 heteroatoms. The van der Waals surface area contributed by atoms with Crippen LogP contribution in [0.25, 0.3) is 0 Å². The van der Waals surface area contributed by atoms with Crippen molar-refractivity contribution in [1.29, 1.82) is 0 Å². The molecule has 2 N–H and O–H groups in total. The molecule has 122 valence electrons. The molecule has 2 atom stereocenters. The van der Waals surface area contributed by atoms with E-state index in [1.807, 2.05) is 18.2 Å². The number of fused-ring (bicyclic) bond motifs is 1. The zero-order valence-corrected chi connectivity index (χ0v) is 13.1. The number of amides is 2. The van der Waals surface area contributed by atoms with Crippen LogP contribution in [0.4, 0.5) is 5.69 Å². The molecule has 1 aliphatic heterocycles. The fourth-order valence-electron chi connectivity index (χ4n) is 2.99. The third-order valence-electron chi connectivity index (χ3n) is 4.31. The summed E-state index contributed by atoms with van der Waals surface area (Å²) >= 11 is 0. The lowest BCUT2D eigenvalue weighted by Crippen LogP contribution is -2.39. The van der Waals surface area contributed by atoms with Gasteiger partial charge in [-0.05, 0) is 55.9 Å². The van der Waals surface area contributed by atoms with Crippen LogP contribution < -0.4 is 10.6 Å². The number of benzene rings is 1. The Balaban J connectivity index is 1.55. The van der Waals surface area contributed by atoms with Gasteiger partial charge in [-0.2, -0.15) is 0 Å². The van der Waals surface area contributed by atoms with Crippen molar-refractivity contribution in [3.63, 3.8) is 0 Å². The van der Waals surface area contributed by atoms with Crippen molar-refractivity contribution in [3.05, 3.63) is 29.3 Å². The van der Waals surface area contributed by atoms with Crippen LogP contribution in [-0.4, -0.2) is 29.9 Å². The normalized spacial score (nSPS) is 20.6. The van der Waals surface area contributed by atoms with E-state index >= 15 is 0 Å². The molecule has 1 fully saturated rings. The molecule has 0 aromatic heterocycles. The van der Waals surface area contributed by atoms with Gasteiger partial charge in [0.2, 0.25) is 5.91 Å². The van der Waals surface area contributed by atoms with Gasteiger partial charge in [0.05, 0.1) is 0 Å². The number of carbonyl (C=O) groups excluding carboxylic acids is 3. The number of nitrogens with one attached hydrogen (secondary N) is 2. The van der Waals surface area contributed by atoms with Crippen molar-refractivity contribution >= 4 is 23.5 Å². The number of hydrogen-bond donors (Lipinski definition) is 2. The van der Waals surface area contributed by atoms with Crippen molar-refractivity contribution in [2.75, 3.05) is 5.32 Å². The molecule has 0 saturated carbocycles. The highest BCUT2D eigenvalue weighted by Gasteiger charge is 2.30. The zero-order valence-electron chi connectivity index (χ0n) is 13.1. The van der Waals surface area contributed by atoms with E-state index in [2.05, 4.69) is 10.6 Å². The van der Waals surface area contributed by atoms with Crippen LogP contribution in [0, 0.1) is 0 Å². The minimum absolute atomic E-state index is 0.165. The molecule has 2 amide bonds. The second-order valence-electron chi connectivity index (χ2n) is 6.06. The number of ether oxygens (including phenoxy) is 1. The highest BCUT2D eigenvalue weighted by Crippen LogP contribution is 2.25. The van der Waals surface area contributed by atoms with Gasteiger partial charge in [0, 0.05) is 12.1 Å². The first-order valence-electron chi connectivity index (χ1n) is 7.95. The lowest BCUT2D eigenvalue weighted by Gasteiger charge is -2.16. The van der Waals surface area contributed by atoms with E-state index in [1.165, 1.54) is 18.1 Å². The molecule has 1 aromatic rings. The Kier molecular flexibility index (Phi) is 4.32. The van der Waals surface area contributed by atoms with Crippen molar-refractivity contribution < 1.29 is 19.1 Å². The molecule has 0 unspecified atom stereocenters. The Morgan fingerprint density at radius 2 is 2.04 bits per heavy atom. The van der Waals surface area contributed by atoms with Gasteiger partial charge < -0.3 is 15.4 Å². The van der Waals surface area contributed by atoms with E-state index in [0.29, 0.717) is 18.5 Å². The summed E-state index contributed by atoms with van der Waals surface area (Å²) in [6.07, 6.45) is 3.09. The summed E-state index contributed by atoms with van der Waals surface area (Å²) in [6.45, 7) is 1.53. The average molecular weight is 316 g/mol. The predicted molar refractivity (Wildman–Crippen MR) is 83.8 cm³/mol. The van der Waals surface area contributed by atoms with Gasteiger partial charge in [-0.25, -0.2) is 4.79 Å². The van der Waals surface area contributed by atoms with E-state index in [0.717, 1.165) is 19.3 Å². The Morgan fingerprint density at radius 3 is 2.78 bits per heavy atom. The maximum Gasteiger partial charge on any atom is 0.329 e. The first kappa shape index (κ1) is 15.5. The lowest BCUT2D eigenvalue weighted by atomic mass is 10.1. The quantitative estimate of drug-likeness (QED) is 0.821. The molecule has 1 aromatic carbocycles. The summed E-state index contributed by atoms with van der Waals surface area (Å²) in [5.41, 5.74) is 3.31. The first-order valence-corrected chi connectivity index (χ1v) is 7.95. The van der Waals surface area contributed by atoms with E-state index < -0.39 is 18.1 Å². The van der Waals surface area contributed by atoms with Gasteiger partial charge in [-0.3, -0.25) is 9.59 Å². The summed E-state index contributed by atoms with van der Waals surface area (Å²) in [6, 6.07) is 5.24. The van der Waals surface area contributed by atoms with Gasteiger partial charge in [0.1, 0.15) is 6.04 Å². The Bertz CT molecular complexity index is 656. The standard InChI is InChI=1S/C17H20N2O4/c1-10(23-17(22)14-7-8-15(20)19-14)16(21)18-13-6-5-11-3-2-4-12(11)9-13/h5-6,9-10,14H,2-4,7-8H2,1H3,(H,18,21)(H,19,20)/t10-,14+/m1/s1. The number of rotatable bonds is 4. The molecule has 3 rings (SSSR count). The molecule has 0 spiro atoms. The second kappa shape index (κ2) is 6.40. The van der Waals surface area contributed by atoms with Crippen molar-refractivity contribution in [3.8, 4) is 0 Å². The van der Waals surface area contributed by atoms with Crippen LogP contribution in [0.3, 0.4) is 0 Å². The van der Waals surface area contributed by atoms with E-state index in [1.54, 1.807) is 0 Å². The fraction of sp³-hybridized carbons (Fsp3) is 0.471. The van der Waals surface area contributed by atoms with Crippen LogP contribution in [0.2, 0.25) is 0 Å². The number of hydrogen-bond acceptors (Lipinski definition) is 4. The smallest absolute Gasteiger partial charge is 0.329 e. The molecular formula is C17H20N2O4. The molecule has 1 aliphatic carbocycles. The molecule has 0 bridgehead atoms. The molecule has 2 aliphatic rings. The van der Waals surface area contributed by atoms with Crippen molar-refractivity contribution in [2.45, 2.75) is 51.2 Å². The van der Waals surface area contributed by atoms with Crippen molar-refractivity contribution in [2.24, 2.45) is 0 Å². The number of esters is 1. The second-order valence-corrected chi connectivity index (χ2v) is 6.06. The van der Waals surface area contributed by atoms with Crippen LogP contribution >= 0.6 is 0 Å². The molecule has 1 saturated heterocycles. The van der Waals surface area contributed by atoms with E-state index in [4.69, 9.17) is 4.74 Å². The summed E-state index contributed by atoms with van der Waals surface area (Å²) in [7, 11) is 0. The fourth-order valence-corrected chi connectivity index (χ4v) is 2.99. The summed E-state index contributed by atoms with van der Waals surface area (Å²) in [4.78, 5) is 35.2. The Hall–Kier alpha value is -2.37. The summed E-state index contributed by atoms with van der Waals surface area (Å²) < 4.78 is 5.14. The topological polar surface area (TPSA) is 84.5 Å². The first-order chi connectivity index (χ1) is 11.0. The molecular weight excluding hydrogens is 296 g/mol. The number of aryl methyl sites for hydroxylation is 2. The van der Waals surface area contributed by atoms with Gasteiger partial charge in [-0.1, -0.05) is 6.07 Å². The van der Waals surface area contributed by atoms with Crippen LogP contribution in [0.1, 0.15) is 37.3 Å². The molecule has 23 heavy (non-hydrogen) atoms. The minimum atomic E-state index is -0.909. The van der Waals surface area contributed by atoms with Crippen molar-refractivity contribution in [1.82, 2.24) is 5.32 Å². The van der Waals surface area contributed by atoms with Crippen LogP contribution in [0.5, 0.6) is 0 Å². The molecule has 1 heterocycles. The van der Waals surface area contributed by atoms with E-state index in [9.17, 15) is 14.4 Å². The highest BCUT2D eigenvalue weighted by molar-refractivity contribution is 5.96. The SMILES string of the molecule is C[C@@H](OC(=O)[C@@H]1CCC(=O)N1)C(=O)Nc1ccc2c(c1)CCC2. The lowest BCUT2D eigenvalue weighted by molar-refractivity contribution is -0.155. The molecule has 0 radical (unpaired) electrons. The van der Waals surface area contributed by atoms with Crippen LogP contribution in [-0.2, 0) is 32.0 Å². The Labute approximate surface area is 134 Å². The highest BCUT2D eigenvalue weighted by atomic mass is 16.5. The third kappa shape index (κ3) is 3.52. The zero-order chi connectivity index (χ0) is 16.4. The predicted octanol–water partition coefficient (Wildman–Crippen LogP) is 1.32.